The summed E-state index contributed by atoms with van der Waals surface area (Å²) < 4.78 is 8.94. The Labute approximate surface area is 100 Å². The maximum absolute atomic E-state index is 11.1. The van der Waals surface area contributed by atoms with Gasteiger partial charge in [0.15, 0.2) is 0 Å². The molecule has 0 aromatic carbocycles. The molecule has 0 fully saturated rings. The van der Waals surface area contributed by atoms with Crippen LogP contribution in [-0.4, -0.2) is 29.0 Å². The molecular weight excluding hydrogens is 244 g/mol. The van der Waals surface area contributed by atoms with Crippen molar-refractivity contribution in [2.45, 2.75) is 6.61 Å². The van der Waals surface area contributed by atoms with Gasteiger partial charge >= 0.3 is 17.6 Å². The van der Waals surface area contributed by atoms with E-state index in [0.717, 1.165) is 18.2 Å². The summed E-state index contributed by atoms with van der Waals surface area (Å²) in [6.07, 6.45) is 1.76. The molecule has 0 bridgehead atoms. The number of hydrogen-bond acceptors (Lipinski definition) is 6. The van der Waals surface area contributed by atoms with Crippen molar-refractivity contribution < 1.29 is 19.1 Å². The molecule has 2 N–H and O–H groups in total. The molecule has 0 unspecified atom stereocenters. The fourth-order valence-electron chi connectivity index (χ4n) is 0.998. The van der Waals surface area contributed by atoms with Gasteiger partial charge in [-0.1, -0.05) is 0 Å². The molecule has 0 aliphatic carbocycles. The van der Waals surface area contributed by atoms with Crippen LogP contribution in [-0.2, 0) is 25.7 Å². The number of ether oxygens (including phenoxy) is 2. The SMILES string of the molecule is COC(=O)/C=C/C(=O)OCc1cc(=O)[nH]c(=O)[nH]1. The van der Waals surface area contributed by atoms with E-state index in [0.29, 0.717) is 0 Å². The van der Waals surface area contributed by atoms with Crippen molar-refractivity contribution in [3.63, 3.8) is 0 Å². The molecule has 18 heavy (non-hydrogen) atoms. The van der Waals surface area contributed by atoms with Crippen molar-refractivity contribution in [1.29, 1.82) is 0 Å². The molecule has 8 nitrogen and oxygen atoms in total. The number of nitrogens with one attached hydrogen (secondary N) is 2. The highest BCUT2D eigenvalue weighted by molar-refractivity contribution is 5.91. The highest BCUT2D eigenvalue weighted by atomic mass is 16.5. The van der Waals surface area contributed by atoms with Crippen molar-refractivity contribution in [2.24, 2.45) is 0 Å². The first-order valence-corrected chi connectivity index (χ1v) is 4.76. The average Bonchev–Trinajstić information content (AvgIpc) is 2.32. The number of carbonyl (C=O) groups is 2. The van der Waals surface area contributed by atoms with E-state index >= 15 is 0 Å². The van der Waals surface area contributed by atoms with Gasteiger partial charge in [0.1, 0.15) is 6.61 Å². The summed E-state index contributed by atoms with van der Waals surface area (Å²) >= 11 is 0. The molecule has 1 aromatic rings. The number of aromatic amines is 2. The minimum Gasteiger partial charge on any atom is -0.466 e. The van der Waals surface area contributed by atoms with Crippen LogP contribution >= 0.6 is 0 Å². The van der Waals surface area contributed by atoms with Crippen LogP contribution < -0.4 is 11.2 Å². The van der Waals surface area contributed by atoms with Crippen molar-refractivity contribution in [1.82, 2.24) is 9.97 Å². The van der Waals surface area contributed by atoms with E-state index in [1.807, 2.05) is 4.98 Å². The quantitative estimate of drug-likeness (QED) is 0.516. The minimum absolute atomic E-state index is 0.142. The summed E-state index contributed by atoms with van der Waals surface area (Å²) in [7, 11) is 1.17. The third-order valence-electron chi connectivity index (χ3n) is 1.74. The molecule has 0 spiro atoms. The summed E-state index contributed by atoms with van der Waals surface area (Å²) in [5.41, 5.74) is -1.16. The van der Waals surface area contributed by atoms with Gasteiger partial charge in [0, 0.05) is 18.2 Å². The number of rotatable bonds is 4. The Balaban J connectivity index is 2.57. The zero-order valence-electron chi connectivity index (χ0n) is 9.39. The first-order valence-electron chi connectivity index (χ1n) is 4.76. The second-order valence-electron chi connectivity index (χ2n) is 3.08. The molecule has 96 valence electrons. The third-order valence-corrected chi connectivity index (χ3v) is 1.74. The molecule has 0 aliphatic heterocycles. The highest BCUT2D eigenvalue weighted by Gasteiger charge is 2.02. The van der Waals surface area contributed by atoms with Crippen LogP contribution in [0.2, 0.25) is 0 Å². The number of methoxy groups -OCH3 is 1. The zero-order chi connectivity index (χ0) is 13.5. The van der Waals surface area contributed by atoms with Gasteiger partial charge in [-0.25, -0.2) is 14.4 Å². The van der Waals surface area contributed by atoms with E-state index in [9.17, 15) is 19.2 Å². The first kappa shape index (κ1) is 13.4. The molecule has 0 radical (unpaired) electrons. The van der Waals surface area contributed by atoms with Gasteiger partial charge in [-0.15, -0.1) is 0 Å². The molecule has 1 heterocycles. The van der Waals surface area contributed by atoms with Crippen molar-refractivity contribution in [3.8, 4) is 0 Å². The van der Waals surface area contributed by atoms with Gasteiger partial charge in [-0.3, -0.25) is 9.78 Å². The van der Waals surface area contributed by atoms with Crippen LogP contribution in [0.3, 0.4) is 0 Å². The van der Waals surface area contributed by atoms with Crippen LogP contribution in [0.4, 0.5) is 0 Å². The van der Waals surface area contributed by atoms with E-state index < -0.39 is 23.2 Å². The smallest absolute Gasteiger partial charge is 0.331 e. The molecule has 1 aromatic heterocycles. The number of H-pyrrole nitrogens is 2. The van der Waals surface area contributed by atoms with Gasteiger partial charge in [0.2, 0.25) is 0 Å². The molecule has 1 rings (SSSR count). The lowest BCUT2D eigenvalue weighted by atomic mass is 10.4. The first-order chi connectivity index (χ1) is 8.51. The number of aromatic nitrogens is 2. The fourth-order valence-corrected chi connectivity index (χ4v) is 0.998. The third kappa shape index (κ3) is 4.47. The summed E-state index contributed by atoms with van der Waals surface area (Å²) in [4.78, 5) is 47.8. The van der Waals surface area contributed by atoms with Crippen LogP contribution in [0.15, 0.2) is 27.8 Å². The highest BCUT2D eigenvalue weighted by Crippen LogP contribution is 1.92. The lowest BCUT2D eigenvalue weighted by molar-refractivity contribution is -0.140. The maximum Gasteiger partial charge on any atom is 0.331 e. The molecule has 0 saturated heterocycles. The molecule has 0 atom stereocenters. The monoisotopic (exact) mass is 254 g/mol. The van der Waals surface area contributed by atoms with Gasteiger partial charge in [-0.05, 0) is 0 Å². The Morgan fingerprint density at radius 1 is 1.22 bits per heavy atom. The van der Waals surface area contributed by atoms with Crippen LogP contribution in [0.5, 0.6) is 0 Å². The lowest BCUT2D eigenvalue weighted by Crippen LogP contribution is -2.23. The maximum atomic E-state index is 11.1. The Bertz CT molecular complexity index is 554. The number of carbonyl (C=O) groups excluding carboxylic acids is 2. The average molecular weight is 254 g/mol. The van der Waals surface area contributed by atoms with E-state index in [1.165, 1.54) is 7.11 Å². The summed E-state index contributed by atoms with van der Waals surface area (Å²) in [6.45, 7) is -0.288. The second-order valence-corrected chi connectivity index (χ2v) is 3.08. The molecule has 0 amide bonds. The van der Waals surface area contributed by atoms with Gasteiger partial charge in [-0.2, -0.15) is 0 Å². The van der Waals surface area contributed by atoms with E-state index in [-0.39, 0.29) is 12.3 Å². The molecule has 8 heteroatoms. The molecule has 0 aliphatic rings. The standard InChI is InChI=1S/C10H10N2O6/c1-17-8(14)2-3-9(15)18-5-6-4-7(13)12-10(16)11-6/h2-4H,5H2,1H3,(H2,11,12,13,16)/b3-2+. The largest absolute Gasteiger partial charge is 0.466 e. The molecule has 0 saturated carbocycles. The summed E-state index contributed by atoms with van der Waals surface area (Å²) in [5.74, 6) is -1.50. The Morgan fingerprint density at radius 3 is 2.50 bits per heavy atom. The topological polar surface area (TPSA) is 118 Å². The lowest BCUT2D eigenvalue weighted by Gasteiger charge is -2.00. The van der Waals surface area contributed by atoms with Gasteiger partial charge in [0.25, 0.3) is 5.56 Å². The zero-order valence-corrected chi connectivity index (χ0v) is 9.39. The van der Waals surface area contributed by atoms with Crippen LogP contribution in [0.25, 0.3) is 0 Å². The Kier molecular flexibility index (Phi) is 4.61. The fraction of sp³-hybridized carbons (Fsp3) is 0.200. The van der Waals surface area contributed by atoms with Crippen molar-refractivity contribution >= 4 is 11.9 Å². The van der Waals surface area contributed by atoms with E-state index in [4.69, 9.17) is 0 Å². The minimum atomic E-state index is -0.804. The van der Waals surface area contributed by atoms with Crippen molar-refractivity contribution in [2.75, 3.05) is 7.11 Å². The van der Waals surface area contributed by atoms with E-state index in [1.54, 1.807) is 0 Å². The van der Waals surface area contributed by atoms with Crippen molar-refractivity contribution in [3.05, 3.63) is 44.8 Å². The second kappa shape index (κ2) is 6.18. The van der Waals surface area contributed by atoms with Crippen LogP contribution in [0, 0.1) is 0 Å². The summed E-state index contributed by atoms with van der Waals surface area (Å²) in [5, 5.41) is 0. The number of hydrogen-bond donors (Lipinski definition) is 2. The van der Waals surface area contributed by atoms with E-state index in [2.05, 4.69) is 14.5 Å². The Hall–Kier alpha value is -2.64. The molecular formula is C10H10N2O6. The predicted octanol–water partition coefficient (Wildman–Crippen LogP) is -1.16. The number of esters is 2. The Morgan fingerprint density at radius 2 is 1.89 bits per heavy atom. The van der Waals surface area contributed by atoms with Gasteiger partial charge in [0.05, 0.1) is 12.8 Å². The van der Waals surface area contributed by atoms with Gasteiger partial charge < -0.3 is 14.5 Å². The summed E-state index contributed by atoms with van der Waals surface area (Å²) in [6, 6.07) is 1.08. The predicted molar refractivity (Wildman–Crippen MR) is 58.6 cm³/mol. The van der Waals surface area contributed by atoms with Crippen LogP contribution in [0.1, 0.15) is 5.69 Å². The normalized spacial score (nSPS) is 10.3.